The Hall–Kier alpha value is -0.120. The van der Waals surface area contributed by atoms with Gasteiger partial charge in [-0.15, -0.1) is 0 Å². The number of unbranched alkanes of at least 4 members (excludes halogenated alkanes) is 1. The van der Waals surface area contributed by atoms with E-state index in [2.05, 4.69) is 45.0 Å². The summed E-state index contributed by atoms with van der Waals surface area (Å²) in [5.74, 6) is 0.762. The van der Waals surface area contributed by atoms with Crippen molar-refractivity contribution in [3.63, 3.8) is 0 Å². The van der Waals surface area contributed by atoms with Gasteiger partial charge in [0.25, 0.3) is 0 Å². The number of likely N-dealkylation sites (tertiary alicyclic amines) is 1. The highest BCUT2D eigenvalue weighted by atomic mass is 16.5. The van der Waals surface area contributed by atoms with E-state index in [-0.39, 0.29) is 0 Å². The summed E-state index contributed by atoms with van der Waals surface area (Å²) in [6.07, 6.45) is 4.04. The topological polar surface area (TPSA) is 24.5 Å². The molecule has 0 aromatic carbocycles. The standard InChI is InChI=1S/C15H32N2O/c1-12(2)18-9-7-6-8-16-15-10-14(4)17(5)11-13(15)3/h12-16H,6-11H2,1-5H3. The van der Waals surface area contributed by atoms with Gasteiger partial charge in [0.05, 0.1) is 6.10 Å². The van der Waals surface area contributed by atoms with E-state index in [1.807, 2.05) is 0 Å². The summed E-state index contributed by atoms with van der Waals surface area (Å²) in [5.41, 5.74) is 0. The molecular weight excluding hydrogens is 224 g/mol. The molecule has 3 atom stereocenters. The summed E-state index contributed by atoms with van der Waals surface area (Å²) in [5, 5.41) is 3.73. The molecule has 1 N–H and O–H groups in total. The molecule has 1 fully saturated rings. The Morgan fingerprint density at radius 3 is 2.67 bits per heavy atom. The minimum absolute atomic E-state index is 0.368. The monoisotopic (exact) mass is 256 g/mol. The van der Waals surface area contributed by atoms with Crippen molar-refractivity contribution in [3.8, 4) is 0 Å². The van der Waals surface area contributed by atoms with E-state index >= 15 is 0 Å². The van der Waals surface area contributed by atoms with Crippen molar-refractivity contribution in [1.29, 1.82) is 0 Å². The van der Waals surface area contributed by atoms with Crippen LogP contribution < -0.4 is 5.32 Å². The van der Waals surface area contributed by atoms with Crippen molar-refractivity contribution >= 4 is 0 Å². The average molecular weight is 256 g/mol. The van der Waals surface area contributed by atoms with Crippen LogP contribution in [-0.2, 0) is 4.74 Å². The van der Waals surface area contributed by atoms with Crippen molar-refractivity contribution in [2.45, 2.75) is 65.1 Å². The molecule has 0 spiro atoms. The van der Waals surface area contributed by atoms with Crippen LogP contribution in [0.4, 0.5) is 0 Å². The smallest absolute Gasteiger partial charge is 0.0518 e. The van der Waals surface area contributed by atoms with Crippen LogP contribution in [0.1, 0.15) is 47.0 Å². The first-order valence-electron chi connectivity index (χ1n) is 7.56. The Bertz CT molecular complexity index is 221. The molecule has 0 radical (unpaired) electrons. The van der Waals surface area contributed by atoms with Gasteiger partial charge in [-0.1, -0.05) is 6.92 Å². The van der Waals surface area contributed by atoms with Crippen molar-refractivity contribution in [3.05, 3.63) is 0 Å². The second kappa shape index (κ2) is 8.13. The molecular formula is C15H32N2O. The fraction of sp³-hybridized carbons (Fsp3) is 1.00. The zero-order valence-electron chi connectivity index (χ0n) is 12.9. The van der Waals surface area contributed by atoms with E-state index in [0.29, 0.717) is 18.2 Å². The lowest BCUT2D eigenvalue weighted by atomic mass is 9.90. The zero-order valence-corrected chi connectivity index (χ0v) is 12.9. The Kier molecular flexibility index (Phi) is 7.20. The summed E-state index contributed by atoms with van der Waals surface area (Å²) in [4.78, 5) is 2.47. The molecule has 3 nitrogen and oxygen atoms in total. The fourth-order valence-corrected chi connectivity index (χ4v) is 2.66. The number of ether oxygens (including phenoxy) is 1. The second-order valence-corrected chi connectivity index (χ2v) is 6.19. The van der Waals surface area contributed by atoms with Gasteiger partial charge in [-0.25, -0.2) is 0 Å². The summed E-state index contributed by atoms with van der Waals surface area (Å²) in [7, 11) is 2.24. The molecule has 1 aliphatic heterocycles. The lowest BCUT2D eigenvalue weighted by Crippen LogP contribution is -2.51. The summed E-state index contributed by atoms with van der Waals surface area (Å²) < 4.78 is 5.55. The molecule has 1 rings (SSSR count). The molecule has 0 aromatic rings. The molecule has 3 heteroatoms. The largest absolute Gasteiger partial charge is 0.379 e. The first kappa shape index (κ1) is 15.9. The highest BCUT2D eigenvalue weighted by Gasteiger charge is 2.27. The fourth-order valence-electron chi connectivity index (χ4n) is 2.66. The molecule has 1 aliphatic rings. The normalized spacial score (nSPS) is 30.0. The Balaban J connectivity index is 2.08. The third kappa shape index (κ3) is 5.68. The number of hydrogen-bond acceptors (Lipinski definition) is 3. The number of piperidine rings is 1. The van der Waals surface area contributed by atoms with Crippen molar-refractivity contribution < 1.29 is 4.74 Å². The lowest BCUT2D eigenvalue weighted by Gasteiger charge is -2.40. The molecule has 108 valence electrons. The maximum absolute atomic E-state index is 5.55. The molecule has 0 saturated carbocycles. The number of hydrogen-bond donors (Lipinski definition) is 1. The molecule has 3 unspecified atom stereocenters. The Morgan fingerprint density at radius 2 is 2.00 bits per heavy atom. The van der Waals surface area contributed by atoms with Crippen LogP contribution in [-0.4, -0.2) is 49.8 Å². The van der Waals surface area contributed by atoms with Gasteiger partial charge in [-0.05, 0) is 59.5 Å². The molecule has 18 heavy (non-hydrogen) atoms. The van der Waals surface area contributed by atoms with E-state index in [1.165, 1.54) is 25.8 Å². The minimum atomic E-state index is 0.368. The molecule has 1 heterocycles. The van der Waals surface area contributed by atoms with Gasteiger partial charge in [-0.3, -0.25) is 0 Å². The zero-order chi connectivity index (χ0) is 13.5. The van der Waals surface area contributed by atoms with E-state index in [1.54, 1.807) is 0 Å². The van der Waals surface area contributed by atoms with Crippen molar-refractivity contribution in [1.82, 2.24) is 10.2 Å². The van der Waals surface area contributed by atoms with E-state index < -0.39 is 0 Å². The maximum Gasteiger partial charge on any atom is 0.0518 e. The number of rotatable bonds is 7. The molecule has 0 aromatic heterocycles. The molecule has 0 bridgehead atoms. The first-order chi connectivity index (χ1) is 8.50. The SMILES string of the molecule is CC(C)OCCCCNC1CC(C)N(C)CC1C. The van der Waals surface area contributed by atoms with Gasteiger partial charge in [0.15, 0.2) is 0 Å². The Labute approximate surface area is 113 Å². The lowest BCUT2D eigenvalue weighted by molar-refractivity contribution is 0.0751. The minimum Gasteiger partial charge on any atom is -0.379 e. The average Bonchev–Trinajstić information content (AvgIpc) is 2.29. The van der Waals surface area contributed by atoms with E-state index in [9.17, 15) is 0 Å². The van der Waals surface area contributed by atoms with E-state index in [0.717, 1.165) is 19.1 Å². The Morgan fingerprint density at radius 1 is 1.28 bits per heavy atom. The quantitative estimate of drug-likeness (QED) is 0.708. The second-order valence-electron chi connectivity index (χ2n) is 6.19. The molecule has 1 saturated heterocycles. The third-order valence-electron chi connectivity index (χ3n) is 4.04. The van der Waals surface area contributed by atoms with Gasteiger partial charge in [0.1, 0.15) is 0 Å². The van der Waals surface area contributed by atoms with Crippen LogP contribution >= 0.6 is 0 Å². The first-order valence-corrected chi connectivity index (χ1v) is 7.56. The van der Waals surface area contributed by atoms with Gasteiger partial charge >= 0.3 is 0 Å². The van der Waals surface area contributed by atoms with Gasteiger partial charge in [0.2, 0.25) is 0 Å². The van der Waals surface area contributed by atoms with Crippen LogP contribution in [0.15, 0.2) is 0 Å². The molecule has 0 aliphatic carbocycles. The predicted molar refractivity (Wildman–Crippen MR) is 78.0 cm³/mol. The van der Waals surface area contributed by atoms with Gasteiger partial charge in [0, 0.05) is 25.2 Å². The van der Waals surface area contributed by atoms with Gasteiger partial charge < -0.3 is 15.0 Å². The molecule has 0 amide bonds. The van der Waals surface area contributed by atoms with Crippen molar-refractivity contribution in [2.75, 3.05) is 26.7 Å². The summed E-state index contributed by atoms with van der Waals surface area (Å²) >= 11 is 0. The van der Waals surface area contributed by atoms with Crippen LogP contribution in [0.5, 0.6) is 0 Å². The predicted octanol–water partition coefficient (Wildman–Crippen LogP) is 2.51. The van der Waals surface area contributed by atoms with Crippen LogP contribution in [0.2, 0.25) is 0 Å². The highest BCUT2D eigenvalue weighted by Crippen LogP contribution is 2.20. The van der Waals surface area contributed by atoms with Gasteiger partial charge in [-0.2, -0.15) is 0 Å². The number of nitrogens with one attached hydrogen (secondary N) is 1. The summed E-state index contributed by atoms with van der Waals surface area (Å²) in [6, 6.07) is 1.41. The third-order valence-corrected chi connectivity index (χ3v) is 4.04. The summed E-state index contributed by atoms with van der Waals surface area (Å²) in [6.45, 7) is 12.1. The van der Waals surface area contributed by atoms with E-state index in [4.69, 9.17) is 4.74 Å². The maximum atomic E-state index is 5.55. The number of nitrogens with zero attached hydrogens (tertiary/aromatic N) is 1. The highest BCUT2D eigenvalue weighted by molar-refractivity contribution is 4.85. The van der Waals surface area contributed by atoms with Crippen molar-refractivity contribution in [2.24, 2.45) is 5.92 Å². The van der Waals surface area contributed by atoms with Crippen LogP contribution in [0, 0.1) is 5.92 Å². The van der Waals surface area contributed by atoms with Crippen LogP contribution in [0.25, 0.3) is 0 Å². The van der Waals surface area contributed by atoms with Crippen LogP contribution in [0.3, 0.4) is 0 Å².